The Balaban J connectivity index is 0.000000275. The van der Waals surface area contributed by atoms with Crippen molar-refractivity contribution in [3.05, 3.63) is 135 Å². The molecule has 0 aliphatic carbocycles. The van der Waals surface area contributed by atoms with Crippen LogP contribution in [0.25, 0.3) is 43.8 Å². The molecule has 0 saturated heterocycles. The SMILES string of the molecule is Cc1cc2c(-c3cc(C(C)(C)C)cc(C(C)(C)C)c3)c(C)cc(C)c2[cH-]1.Cc1cc2c(-c3cc(C(C)(C)C)cc(C(C)(C)C)c3)c(C)cc(C)c2[cH-]1.[CH2-]C.[Cl][Zr][Cl]. The predicted octanol–water partition coefficient (Wildman–Crippen LogP) is 17.7. The molecule has 6 aromatic carbocycles. The van der Waals surface area contributed by atoms with E-state index in [1.165, 1.54) is 99.4 Å². The van der Waals surface area contributed by atoms with E-state index in [0.29, 0.717) is 0 Å². The molecule has 0 amide bonds. The van der Waals surface area contributed by atoms with Crippen LogP contribution in [0.1, 0.15) is 146 Å². The summed E-state index contributed by atoms with van der Waals surface area (Å²) < 4.78 is 0. The van der Waals surface area contributed by atoms with Gasteiger partial charge in [-0.15, -0.1) is 55.9 Å². The summed E-state index contributed by atoms with van der Waals surface area (Å²) in [4.78, 5) is 0. The minimum absolute atomic E-state index is 0.135. The number of hydrogen-bond acceptors (Lipinski definition) is 0. The van der Waals surface area contributed by atoms with Crippen molar-refractivity contribution in [1.82, 2.24) is 0 Å². The maximum absolute atomic E-state index is 4.93. The van der Waals surface area contributed by atoms with Crippen molar-refractivity contribution >= 4 is 38.6 Å². The van der Waals surface area contributed by atoms with Crippen LogP contribution < -0.4 is 0 Å². The number of aryl methyl sites for hydroxylation is 6. The van der Waals surface area contributed by atoms with Gasteiger partial charge in [-0.3, -0.25) is 0 Å². The molecule has 0 unspecified atom stereocenters. The second-order valence-corrected chi connectivity index (χ2v) is 23.9. The zero-order chi connectivity index (χ0) is 43.6. The van der Waals surface area contributed by atoms with E-state index in [2.05, 4.69) is 204 Å². The van der Waals surface area contributed by atoms with Crippen molar-refractivity contribution in [2.45, 2.75) is 153 Å². The Morgan fingerprint density at radius 3 is 0.877 bits per heavy atom. The molecule has 0 aliphatic heterocycles. The fraction of sp³-hybridized carbons (Fsp3) is 0.426. The molecular weight excluding hydrogens is 811 g/mol. The van der Waals surface area contributed by atoms with E-state index in [9.17, 15) is 0 Å². The molecule has 0 aromatic heterocycles. The molecule has 3 heteroatoms. The van der Waals surface area contributed by atoms with Crippen LogP contribution >= 0.6 is 17.0 Å². The van der Waals surface area contributed by atoms with Gasteiger partial charge in [-0.25, -0.2) is 0 Å². The van der Waals surface area contributed by atoms with Gasteiger partial charge >= 0.3 is 37.9 Å². The van der Waals surface area contributed by atoms with Gasteiger partial charge in [-0.2, -0.15) is 19.1 Å². The summed E-state index contributed by atoms with van der Waals surface area (Å²) in [5.41, 5.74) is 19.9. The quantitative estimate of drug-likeness (QED) is 0.152. The zero-order valence-electron chi connectivity index (χ0n) is 38.9. The standard InChI is InChI=1S/2C26H33.C2H5.2ClH.Zr/c2*1-16-10-22-17(2)12-18(3)24(23(22)11-16)19-13-20(25(4,5)6)15-21(14-19)26(7,8)9;1-2;;;/h2*10-15H,1-9H3;1H2,2H3;2*1H;/q3*-1;;;+2/p-2. The first-order chi connectivity index (χ1) is 26.2. The Labute approximate surface area is 367 Å². The predicted molar refractivity (Wildman–Crippen MR) is 256 cm³/mol. The summed E-state index contributed by atoms with van der Waals surface area (Å²) in [6, 6.07) is 28.5. The second-order valence-electron chi connectivity index (χ2n) is 20.2. The third-order valence-electron chi connectivity index (χ3n) is 11.0. The van der Waals surface area contributed by atoms with Crippen LogP contribution in [-0.4, -0.2) is 0 Å². The molecule has 0 atom stereocenters. The Hall–Kier alpha value is -2.44. The van der Waals surface area contributed by atoms with Gasteiger partial charge in [0.2, 0.25) is 0 Å². The molecule has 0 aliphatic rings. The van der Waals surface area contributed by atoms with Crippen LogP contribution in [0.5, 0.6) is 0 Å². The number of halogens is 2. The normalized spacial score (nSPS) is 12.0. The molecule has 0 radical (unpaired) electrons. The summed E-state index contributed by atoms with van der Waals surface area (Å²) >= 11 is -0.826. The van der Waals surface area contributed by atoms with Gasteiger partial charge in [-0.1, -0.05) is 182 Å². The third kappa shape index (κ3) is 11.9. The summed E-state index contributed by atoms with van der Waals surface area (Å²) in [6.07, 6.45) is 0. The molecule has 0 fully saturated rings. The van der Waals surface area contributed by atoms with Crippen molar-refractivity contribution in [2.24, 2.45) is 0 Å². The van der Waals surface area contributed by atoms with E-state index in [4.69, 9.17) is 17.0 Å². The van der Waals surface area contributed by atoms with E-state index in [-0.39, 0.29) is 21.7 Å². The average molecular weight is 882 g/mol. The van der Waals surface area contributed by atoms with E-state index < -0.39 is 20.8 Å². The summed E-state index contributed by atoms with van der Waals surface area (Å²) in [7, 11) is 9.87. The molecule has 0 bridgehead atoms. The van der Waals surface area contributed by atoms with Crippen molar-refractivity contribution in [2.75, 3.05) is 0 Å². The monoisotopic (exact) mass is 879 g/mol. The Bertz CT molecular complexity index is 2070. The molecule has 6 aromatic rings. The summed E-state index contributed by atoms with van der Waals surface area (Å²) in [5, 5.41) is 5.57. The fourth-order valence-electron chi connectivity index (χ4n) is 7.79. The first kappa shape index (κ1) is 48.9. The number of fused-ring (bicyclic) bond motifs is 2. The van der Waals surface area contributed by atoms with E-state index in [0.717, 1.165) is 0 Å². The topological polar surface area (TPSA) is 0 Å². The first-order valence-corrected chi connectivity index (χ1v) is 26.8. The molecule has 0 N–H and O–H groups in total. The summed E-state index contributed by atoms with van der Waals surface area (Å²) in [5.74, 6) is 0. The van der Waals surface area contributed by atoms with Crippen molar-refractivity contribution in [3.63, 3.8) is 0 Å². The first-order valence-electron chi connectivity index (χ1n) is 20.5. The van der Waals surface area contributed by atoms with Crippen molar-refractivity contribution < 1.29 is 20.8 Å². The molecule has 57 heavy (non-hydrogen) atoms. The number of benzene rings is 4. The van der Waals surface area contributed by atoms with Crippen LogP contribution in [0.3, 0.4) is 0 Å². The molecular formula is C54H71Cl2Zr-3. The van der Waals surface area contributed by atoms with Crippen molar-refractivity contribution in [1.29, 1.82) is 0 Å². The van der Waals surface area contributed by atoms with Gasteiger partial charge in [0.15, 0.2) is 0 Å². The van der Waals surface area contributed by atoms with Gasteiger partial charge < -0.3 is 6.92 Å². The Kier molecular flexibility index (Phi) is 16.2. The van der Waals surface area contributed by atoms with Gasteiger partial charge in [0, 0.05) is 0 Å². The van der Waals surface area contributed by atoms with Crippen molar-refractivity contribution in [3.8, 4) is 22.3 Å². The van der Waals surface area contributed by atoms with Gasteiger partial charge in [-0.05, 0) is 68.9 Å². The molecule has 308 valence electrons. The molecule has 0 spiro atoms. The molecule has 0 saturated carbocycles. The second kappa shape index (κ2) is 18.9. The molecule has 0 nitrogen and oxygen atoms in total. The Morgan fingerprint density at radius 1 is 0.404 bits per heavy atom. The minimum atomic E-state index is -0.826. The van der Waals surface area contributed by atoms with Crippen LogP contribution in [-0.2, 0) is 42.5 Å². The molecule has 6 rings (SSSR count). The van der Waals surface area contributed by atoms with Crippen LogP contribution in [0.4, 0.5) is 0 Å². The van der Waals surface area contributed by atoms with E-state index in [1.807, 2.05) is 0 Å². The van der Waals surface area contributed by atoms with Crippen LogP contribution in [0.15, 0.2) is 72.8 Å². The maximum atomic E-state index is 4.93. The Morgan fingerprint density at radius 2 is 0.649 bits per heavy atom. The van der Waals surface area contributed by atoms with E-state index in [1.54, 1.807) is 6.92 Å². The number of hydrogen-bond donors (Lipinski definition) is 0. The molecule has 0 heterocycles. The van der Waals surface area contributed by atoms with Crippen LogP contribution in [0.2, 0.25) is 0 Å². The number of rotatable bonds is 2. The average Bonchev–Trinajstić information content (AvgIpc) is 3.67. The third-order valence-corrected chi connectivity index (χ3v) is 11.0. The van der Waals surface area contributed by atoms with Gasteiger partial charge in [0.05, 0.1) is 0 Å². The fourth-order valence-corrected chi connectivity index (χ4v) is 7.79. The summed E-state index contributed by atoms with van der Waals surface area (Å²) in [6.45, 7) is 46.1. The van der Waals surface area contributed by atoms with Crippen LogP contribution in [0, 0.1) is 48.5 Å². The van der Waals surface area contributed by atoms with Gasteiger partial charge in [0.25, 0.3) is 0 Å². The van der Waals surface area contributed by atoms with E-state index >= 15 is 0 Å². The zero-order valence-corrected chi connectivity index (χ0v) is 42.9. The van der Waals surface area contributed by atoms with Gasteiger partial charge in [0.1, 0.15) is 0 Å².